The van der Waals surface area contributed by atoms with Gasteiger partial charge in [-0.25, -0.2) is 0 Å². The fourth-order valence-corrected chi connectivity index (χ4v) is 3.70. The van der Waals surface area contributed by atoms with E-state index >= 15 is 0 Å². The molecule has 0 unspecified atom stereocenters. The number of likely N-dealkylation sites (tertiary alicyclic amines) is 1. The van der Waals surface area contributed by atoms with Crippen LogP contribution in [0.25, 0.3) is 0 Å². The van der Waals surface area contributed by atoms with E-state index < -0.39 is 0 Å². The predicted molar refractivity (Wildman–Crippen MR) is 83.9 cm³/mol. The average Bonchev–Trinajstić information content (AvgIpc) is 2.75. The summed E-state index contributed by atoms with van der Waals surface area (Å²) in [5.74, 6) is 0.139. The molecule has 1 heterocycles. The van der Waals surface area contributed by atoms with Crippen LogP contribution in [0.1, 0.15) is 65.7 Å². The Balaban J connectivity index is 1.85. The molecule has 2 atom stereocenters. The molecule has 1 N–H and O–H groups in total. The highest BCUT2D eigenvalue weighted by atomic mass is 16.2. The van der Waals surface area contributed by atoms with Gasteiger partial charge < -0.3 is 5.32 Å². The van der Waals surface area contributed by atoms with E-state index in [0.717, 1.165) is 19.3 Å². The third kappa shape index (κ3) is 4.08. The number of amides is 3. The summed E-state index contributed by atoms with van der Waals surface area (Å²) in [6, 6.07) is 0.214. The number of imide groups is 1. The number of hydrogen-bond donors (Lipinski definition) is 1. The normalized spacial score (nSPS) is 26.4. The van der Waals surface area contributed by atoms with Gasteiger partial charge in [-0.2, -0.15) is 0 Å². The molecule has 2 rings (SSSR count). The van der Waals surface area contributed by atoms with Crippen LogP contribution < -0.4 is 5.32 Å². The molecule has 5 nitrogen and oxygen atoms in total. The molecule has 1 aliphatic heterocycles. The third-order valence-corrected chi connectivity index (χ3v) is 4.94. The van der Waals surface area contributed by atoms with Crippen LogP contribution in [0.3, 0.4) is 0 Å². The van der Waals surface area contributed by atoms with Gasteiger partial charge in [-0.3, -0.25) is 19.3 Å². The van der Waals surface area contributed by atoms with E-state index in [9.17, 15) is 14.4 Å². The number of hydrogen-bond acceptors (Lipinski definition) is 3. The number of carbonyl (C=O) groups excluding carboxylic acids is 3. The highest BCUT2D eigenvalue weighted by Crippen LogP contribution is 2.38. The Morgan fingerprint density at radius 2 is 1.73 bits per heavy atom. The van der Waals surface area contributed by atoms with E-state index in [4.69, 9.17) is 0 Å². The van der Waals surface area contributed by atoms with Gasteiger partial charge in [-0.1, -0.05) is 33.6 Å². The molecule has 124 valence electrons. The zero-order valence-corrected chi connectivity index (χ0v) is 14.0. The molecule has 0 aromatic carbocycles. The molecule has 1 saturated carbocycles. The van der Waals surface area contributed by atoms with E-state index in [2.05, 4.69) is 26.1 Å². The number of nitrogens with one attached hydrogen (secondary N) is 1. The maximum Gasteiger partial charge on any atom is 0.229 e. The highest BCUT2D eigenvalue weighted by molar-refractivity contribution is 6.02. The Morgan fingerprint density at radius 1 is 1.14 bits per heavy atom. The van der Waals surface area contributed by atoms with Gasteiger partial charge in [0.2, 0.25) is 17.7 Å². The second-order valence-electron chi connectivity index (χ2n) is 7.62. The minimum atomic E-state index is -0.150. The smallest absolute Gasteiger partial charge is 0.229 e. The second kappa shape index (κ2) is 6.80. The largest absolute Gasteiger partial charge is 0.353 e. The molecular formula is C17H28N2O3. The number of carbonyl (C=O) groups is 3. The highest BCUT2D eigenvalue weighted by Gasteiger charge is 2.35. The Hall–Kier alpha value is -1.39. The van der Waals surface area contributed by atoms with Crippen LogP contribution in [-0.4, -0.2) is 35.2 Å². The Bertz CT molecular complexity index is 437. The quantitative estimate of drug-likeness (QED) is 0.810. The van der Waals surface area contributed by atoms with Gasteiger partial charge in [-0.05, 0) is 24.2 Å². The van der Waals surface area contributed by atoms with Crippen molar-refractivity contribution in [2.75, 3.05) is 6.54 Å². The van der Waals surface area contributed by atoms with Crippen LogP contribution >= 0.6 is 0 Å². The van der Waals surface area contributed by atoms with Gasteiger partial charge in [0.05, 0.1) is 0 Å². The van der Waals surface area contributed by atoms with Crippen LogP contribution in [0.4, 0.5) is 0 Å². The first-order valence-corrected chi connectivity index (χ1v) is 8.41. The standard InChI is InChI=1S/C17H28N2O3/c1-17(2,3)12-6-4-5-7-13(12)18-14(20)10-11-19-15(21)8-9-16(19)22/h12-13H,4-11H2,1-3H3,(H,18,20)/t12-,13-/m0/s1. The zero-order valence-electron chi connectivity index (χ0n) is 14.0. The summed E-state index contributed by atoms with van der Waals surface area (Å²) < 4.78 is 0. The monoisotopic (exact) mass is 308 g/mol. The Labute approximate surface area is 132 Å². The minimum Gasteiger partial charge on any atom is -0.353 e. The topological polar surface area (TPSA) is 66.5 Å². The van der Waals surface area contributed by atoms with Crippen molar-refractivity contribution < 1.29 is 14.4 Å². The van der Waals surface area contributed by atoms with E-state index in [1.807, 2.05) is 0 Å². The van der Waals surface area contributed by atoms with Crippen molar-refractivity contribution >= 4 is 17.7 Å². The van der Waals surface area contributed by atoms with Gasteiger partial charge in [0, 0.05) is 31.8 Å². The van der Waals surface area contributed by atoms with Crippen molar-refractivity contribution in [3.05, 3.63) is 0 Å². The summed E-state index contributed by atoms with van der Waals surface area (Å²) in [4.78, 5) is 36.5. The van der Waals surface area contributed by atoms with Crippen molar-refractivity contribution in [2.45, 2.75) is 71.8 Å². The first-order chi connectivity index (χ1) is 10.3. The fourth-order valence-electron chi connectivity index (χ4n) is 3.70. The fraction of sp³-hybridized carbons (Fsp3) is 0.824. The molecule has 3 amide bonds. The molecule has 2 aliphatic rings. The van der Waals surface area contributed by atoms with Crippen LogP contribution in [0, 0.1) is 11.3 Å². The molecule has 0 aromatic heterocycles. The SMILES string of the molecule is CC(C)(C)[C@H]1CCCC[C@@H]1NC(=O)CCN1C(=O)CCC1=O. The first-order valence-electron chi connectivity index (χ1n) is 8.41. The lowest BCUT2D eigenvalue weighted by Crippen LogP contribution is -2.47. The molecule has 22 heavy (non-hydrogen) atoms. The van der Waals surface area contributed by atoms with Gasteiger partial charge in [-0.15, -0.1) is 0 Å². The molecule has 0 radical (unpaired) electrons. The van der Waals surface area contributed by atoms with Crippen molar-refractivity contribution in [3.8, 4) is 0 Å². The summed E-state index contributed by atoms with van der Waals surface area (Å²) in [7, 11) is 0. The Morgan fingerprint density at radius 3 is 2.32 bits per heavy atom. The van der Waals surface area contributed by atoms with Gasteiger partial charge in [0.25, 0.3) is 0 Å². The lowest BCUT2D eigenvalue weighted by atomic mass is 9.69. The molecule has 1 saturated heterocycles. The van der Waals surface area contributed by atoms with E-state index in [0.29, 0.717) is 5.92 Å². The van der Waals surface area contributed by atoms with Crippen LogP contribution in [0.15, 0.2) is 0 Å². The molecule has 0 bridgehead atoms. The molecule has 2 fully saturated rings. The maximum atomic E-state index is 12.2. The second-order valence-corrected chi connectivity index (χ2v) is 7.62. The molecule has 0 aromatic rings. The van der Waals surface area contributed by atoms with E-state index in [-0.39, 0.29) is 55.0 Å². The van der Waals surface area contributed by atoms with Crippen LogP contribution in [-0.2, 0) is 14.4 Å². The summed E-state index contributed by atoms with van der Waals surface area (Å²) in [6.07, 6.45) is 5.34. The lowest BCUT2D eigenvalue weighted by Gasteiger charge is -2.40. The average molecular weight is 308 g/mol. The molecule has 0 spiro atoms. The van der Waals surface area contributed by atoms with Crippen LogP contribution in [0.2, 0.25) is 0 Å². The number of nitrogens with zero attached hydrogens (tertiary/aromatic N) is 1. The lowest BCUT2D eigenvalue weighted by molar-refractivity contribution is -0.138. The summed E-state index contributed by atoms with van der Waals surface area (Å²) in [6.45, 7) is 6.90. The van der Waals surface area contributed by atoms with Gasteiger partial charge in [0.1, 0.15) is 0 Å². The zero-order chi connectivity index (χ0) is 16.3. The molecule has 5 heteroatoms. The third-order valence-electron chi connectivity index (χ3n) is 4.94. The maximum absolute atomic E-state index is 12.2. The molecular weight excluding hydrogens is 280 g/mol. The van der Waals surface area contributed by atoms with Crippen LogP contribution in [0.5, 0.6) is 0 Å². The predicted octanol–water partition coefficient (Wildman–Crippen LogP) is 2.25. The first kappa shape index (κ1) is 17.0. The van der Waals surface area contributed by atoms with Crippen molar-refractivity contribution in [2.24, 2.45) is 11.3 Å². The van der Waals surface area contributed by atoms with Crippen molar-refractivity contribution in [1.29, 1.82) is 0 Å². The minimum absolute atomic E-state index is 0.0475. The molecule has 1 aliphatic carbocycles. The van der Waals surface area contributed by atoms with Gasteiger partial charge >= 0.3 is 0 Å². The number of rotatable bonds is 4. The summed E-state index contributed by atoms with van der Waals surface area (Å²) in [5.41, 5.74) is 0.180. The van der Waals surface area contributed by atoms with E-state index in [1.165, 1.54) is 11.3 Å². The van der Waals surface area contributed by atoms with Crippen molar-refractivity contribution in [1.82, 2.24) is 10.2 Å². The summed E-state index contributed by atoms with van der Waals surface area (Å²) >= 11 is 0. The summed E-state index contributed by atoms with van der Waals surface area (Å²) in [5, 5.41) is 3.14. The van der Waals surface area contributed by atoms with Crippen molar-refractivity contribution in [3.63, 3.8) is 0 Å². The Kier molecular flexibility index (Phi) is 5.24. The van der Waals surface area contributed by atoms with Gasteiger partial charge in [0.15, 0.2) is 0 Å². The van der Waals surface area contributed by atoms with E-state index in [1.54, 1.807) is 0 Å².